The summed E-state index contributed by atoms with van der Waals surface area (Å²) < 4.78 is 0.866. The van der Waals surface area contributed by atoms with Gasteiger partial charge in [-0.1, -0.05) is 34.1 Å². The summed E-state index contributed by atoms with van der Waals surface area (Å²) in [6, 6.07) is 8.92. The first-order chi connectivity index (χ1) is 7.68. The van der Waals surface area contributed by atoms with Gasteiger partial charge in [0.15, 0.2) is 5.69 Å². The van der Waals surface area contributed by atoms with Gasteiger partial charge in [-0.25, -0.2) is 14.8 Å². The van der Waals surface area contributed by atoms with Gasteiger partial charge in [-0.05, 0) is 12.1 Å². The molecule has 0 bridgehead atoms. The van der Waals surface area contributed by atoms with Gasteiger partial charge in [0.2, 0.25) is 0 Å². The van der Waals surface area contributed by atoms with Crippen LogP contribution in [0.1, 0.15) is 10.5 Å². The van der Waals surface area contributed by atoms with E-state index >= 15 is 0 Å². The minimum absolute atomic E-state index is 0.0132. The molecule has 0 aliphatic carbocycles. The Morgan fingerprint density at radius 1 is 1.25 bits per heavy atom. The van der Waals surface area contributed by atoms with E-state index in [2.05, 4.69) is 25.9 Å². The molecule has 0 saturated carbocycles. The van der Waals surface area contributed by atoms with Crippen molar-refractivity contribution in [3.63, 3.8) is 0 Å². The zero-order chi connectivity index (χ0) is 11.5. The Kier molecular flexibility index (Phi) is 2.96. The monoisotopic (exact) mass is 278 g/mol. The molecule has 1 heterocycles. The van der Waals surface area contributed by atoms with Gasteiger partial charge in [0.1, 0.15) is 6.33 Å². The molecule has 0 fully saturated rings. The Balaban J connectivity index is 2.53. The van der Waals surface area contributed by atoms with Crippen LogP contribution in [0.3, 0.4) is 0 Å². The third kappa shape index (κ3) is 2.09. The highest BCUT2D eigenvalue weighted by atomic mass is 79.9. The van der Waals surface area contributed by atoms with E-state index in [-0.39, 0.29) is 5.69 Å². The molecule has 0 aliphatic heterocycles. The molecule has 16 heavy (non-hydrogen) atoms. The number of hydrogen-bond donors (Lipinski definition) is 1. The molecule has 0 unspecified atom stereocenters. The topological polar surface area (TPSA) is 63.1 Å². The van der Waals surface area contributed by atoms with E-state index in [0.29, 0.717) is 5.69 Å². The van der Waals surface area contributed by atoms with Crippen LogP contribution in [-0.2, 0) is 0 Å². The second kappa shape index (κ2) is 4.40. The summed E-state index contributed by atoms with van der Waals surface area (Å²) in [6.07, 6.45) is 1.25. The molecule has 0 spiro atoms. The van der Waals surface area contributed by atoms with Gasteiger partial charge in [0, 0.05) is 10.0 Å². The maximum atomic E-state index is 10.8. The molecule has 0 radical (unpaired) electrons. The molecule has 2 aromatic rings. The average molecular weight is 279 g/mol. The highest BCUT2D eigenvalue weighted by molar-refractivity contribution is 9.10. The van der Waals surface area contributed by atoms with Gasteiger partial charge in [-0.3, -0.25) is 0 Å². The van der Waals surface area contributed by atoms with Crippen LogP contribution in [0.4, 0.5) is 0 Å². The van der Waals surface area contributed by atoms with Crippen LogP contribution in [0.2, 0.25) is 0 Å². The van der Waals surface area contributed by atoms with E-state index in [1.807, 2.05) is 24.3 Å². The van der Waals surface area contributed by atoms with Crippen LogP contribution in [-0.4, -0.2) is 21.0 Å². The van der Waals surface area contributed by atoms with Crippen LogP contribution in [0, 0.1) is 0 Å². The smallest absolute Gasteiger partial charge is 0.354 e. The Labute approximate surface area is 100 Å². The molecular formula is C11H7BrN2O2. The first-order valence-corrected chi connectivity index (χ1v) is 5.28. The Bertz CT molecular complexity index is 543. The summed E-state index contributed by atoms with van der Waals surface area (Å²) in [4.78, 5) is 18.5. The number of halogens is 1. The van der Waals surface area contributed by atoms with Crippen molar-refractivity contribution in [2.45, 2.75) is 0 Å². The number of carboxylic acids is 1. The average Bonchev–Trinajstić information content (AvgIpc) is 2.30. The molecule has 4 nitrogen and oxygen atoms in total. The molecular weight excluding hydrogens is 272 g/mol. The second-order valence-corrected chi connectivity index (χ2v) is 3.93. The maximum Gasteiger partial charge on any atom is 0.354 e. The molecule has 1 aromatic carbocycles. The fraction of sp³-hybridized carbons (Fsp3) is 0. The van der Waals surface area contributed by atoms with Crippen molar-refractivity contribution in [2.24, 2.45) is 0 Å². The predicted octanol–water partition coefficient (Wildman–Crippen LogP) is 2.60. The molecule has 1 aromatic heterocycles. The summed E-state index contributed by atoms with van der Waals surface area (Å²) in [5.41, 5.74) is 1.41. The van der Waals surface area contributed by atoms with Gasteiger partial charge in [0.25, 0.3) is 0 Å². The van der Waals surface area contributed by atoms with E-state index in [0.717, 1.165) is 10.0 Å². The summed E-state index contributed by atoms with van der Waals surface area (Å²) in [5.74, 6) is -1.06. The number of benzene rings is 1. The van der Waals surface area contributed by atoms with Gasteiger partial charge in [-0.15, -0.1) is 0 Å². The normalized spacial score (nSPS) is 10.1. The third-order valence-electron chi connectivity index (χ3n) is 2.04. The quantitative estimate of drug-likeness (QED) is 0.917. The van der Waals surface area contributed by atoms with Crippen molar-refractivity contribution in [1.29, 1.82) is 0 Å². The van der Waals surface area contributed by atoms with Crippen molar-refractivity contribution in [1.82, 2.24) is 9.97 Å². The number of carboxylic acid groups (broad SMARTS) is 1. The molecule has 0 saturated heterocycles. The Morgan fingerprint density at radius 2 is 2.00 bits per heavy atom. The first kappa shape index (κ1) is 10.8. The highest BCUT2D eigenvalue weighted by Gasteiger charge is 2.09. The lowest BCUT2D eigenvalue weighted by atomic mass is 10.1. The Morgan fingerprint density at radius 3 is 2.69 bits per heavy atom. The van der Waals surface area contributed by atoms with Gasteiger partial charge < -0.3 is 5.11 Å². The molecule has 5 heteroatoms. The van der Waals surface area contributed by atoms with E-state index in [1.165, 1.54) is 12.4 Å². The Hall–Kier alpha value is -1.75. The lowest BCUT2D eigenvalue weighted by Gasteiger charge is -2.03. The highest BCUT2D eigenvalue weighted by Crippen LogP contribution is 2.26. The molecule has 0 amide bonds. The van der Waals surface area contributed by atoms with E-state index < -0.39 is 5.97 Å². The van der Waals surface area contributed by atoms with Gasteiger partial charge in [-0.2, -0.15) is 0 Å². The van der Waals surface area contributed by atoms with Crippen molar-refractivity contribution >= 4 is 21.9 Å². The summed E-state index contributed by atoms with van der Waals surface area (Å²) in [5, 5.41) is 8.82. The first-order valence-electron chi connectivity index (χ1n) is 4.49. The summed E-state index contributed by atoms with van der Waals surface area (Å²) in [6.45, 7) is 0. The molecule has 1 N–H and O–H groups in total. The predicted molar refractivity (Wildman–Crippen MR) is 62.1 cm³/mol. The minimum atomic E-state index is -1.06. The third-order valence-corrected chi connectivity index (χ3v) is 2.73. The van der Waals surface area contributed by atoms with Crippen LogP contribution in [0.25, 0.3) is 11.3 Å². The zero-order valence-corrected chi connectivity index (χ0v) is 9.68. The maximum absolute atomic E-state index is 10.8. The fourth-order valence-corrected chi connectivity index (χ4v) is 1.78. The second-order valence-electron chi connectivity index (χ2n) is 3.07. The van der Waals surface area contributed by atoms with E-state index in [9.17, 15) is 4.79 Å². The molecule has 0 atom stereocenters. The molecule has 80 valence electrons. The largest absolute Gasteiger partial charge is 0.477 e. The fourth-order valence-electron chi connectivity index (χ4n) is 1.29. The van der Waals surface area contributed by atoms with Gasteiger partial charge >= 0.3 is 5.97 Å². The number of hydrogen-bond acceptors (Lipinski definition) is 3. The number of aromatic carboxylic acids is 1. The number of nitrogens with zero attached hydrogens (tertiary/aromatic N) is 2. The van der Waals surface area contributed by atoms with Crippen molar-refractivity contribution in [3.8, 4) is 11.3 Å². The van der Waals surface area contributed by atoms with Crippen LogP contribution in [0.5, 0.6) is 0 Å². The summed E-state index contributed by atoms with van der Waals surface area (Å²) in [7, 11) is 0. The lowest BCUT2D eigenvalue weighted by molar-refractivity contribution is 0.0690. The molecule has 2 rings (SSSR count). The number of carbonyl (C=O) groups is 1. The van der Waals surface area contributed by atoms with Crippen molar-refractivity contribution < 1.29 is 9.90 Å². The van der Waals surface area contributed by atoms with Gasteiger partial charge in [0.05, 0.1) is 5.69 Å². The minimum Gasteiger partial charge on any atom is -0.477 e. The summed E-state index contributed by atoms with van der Waals surface area (Å²) >= 11 is 3.39. The van der Waals surface area contributed by atoms with Crippen molar-refractivity contribution in [2.75, 3.05) is 0 Å². The number of aromatic nitrogens is 2. The van der Waals surface area contributed by atoms with Crippen LogP contribution >= 0.6 is 15.9 Å². The van der Waals surface area contributed by atoms with E-state index in [1.54, 1.807) is 0 Å². The SMILES string of the molecule is O=C(O)c1cc(-c2ccccc2Br)ncn1. The van der Waals surface area contributed by atoms with E-state index in [4.69, 9.17) is 5.11 Å². The molecule has 0 aliphatic rings. The zero-order valence-electron chi connectivity index (χ0n) is 8.09. The standard InChI is InChI=1S/C11H7BrN2O2/c12-8-4-2-1-3-7(8)9-5-10(11(15)16)14-6-13-9/h1-6H,(H,15,16). The number of rotatable bonds is 2. The lowest BCUT2D eigenvalue weighted by Crippen LogP contribution is -2.01. The van der Waals surface area contributed by atoms with Crippen molar-refractivity contribution in [3.05, 3.63) is 46.8 Å². The van der Waals surface area contributed by atoms with Crippen LogP contribution in [0.15, 0.2) is 41.1 Å². The van der Waals surface area contributed by atoms with Crippen LogP contribution < -0.4 is 0 Å².